The maximum atomic E-state index is 12.8. The molecule has 0 aliphatic carbocycles. The van der Waals surface area contributed by atoms with Crippen molar-refractivity contribution in [3.8, 4) is 0 Å². The molecule has 25 heavy (non-hydrogen) atoms. The molecular formula is C20H24N2O2S. The SMILES string of the molecule is Cc1ccc(C(=O)N2CCCCCC2)cc1NC(=O)Cc1cccs1. The summed E-state index contributed by atoms with van der Waals surface area (Å²) in [5.74, 6) is 0.0144. The number of nitrogens with zero attached hydrogens (tertiary/aromatic N) is 1. The highest BCUT2D eigenvalue weighted by atomic mass is 32.1. The Bertz CT molecular complexity index is 732. The lowest BCUT2D eigenvalue weighted by atomic mass is 10.1. The number of rotatable bonds is 4. The number of thiophene rings is 1. The van der Waals surface area contributed by atoms with Crippen LogP contribution in [0.25, 0.3) is 0 Å². The van der Waals surface area contributed by atoms with Crippen LogP contribution in [0.5, 0.6) is 0 Å². The van der Waals surface area contributed by atoms with Crippen molar-refractivity contribution in [2.45, 2.75) is 39.0 Å². The fraction of sp³-hybridized carbons (Fsp3) is 0.400. The number of carbonyl (C=O) groups is 2. The molecule has 5 heteroatoms. The van der Waals surface area contributed by atoms with Gasteiger partial charge in [-0.3, -0.25) is 9.59 Å². The molecule has 1 N–H and O–H groups in total. The zero-order valence-electron chi connectivity index (χ0n) is 14.6. The number of hydrogen-bond acceptors (Lipinski definition) is 3. The van der Waals surface area contributed by atoms with E-state index in [4.69, 9.17) is 0 Å². The van der Waals surface area contributed by atoms with Gasteiger partial charge in [0.25, 0.3) is 5.91 Å². The predicted octanol–water partition coefficient (Wildman–Crippen LogP) is 4.25. The van der Waals surface area contributed by atoms with Gasteiger partial charge in [0.2, 0.25) is 5.91 Å². The molecule has 0 unspecified atom stereocenters. The molecule has 1 aliphatic heterocycles. The van der Waals surface area contributed by atoms with Gasteiger partial charge in [-0.2, -0.15) is 0 Å². The summed E-state index contributed by atoms with van der Waals surface area (Å²) in [5, 5.41) is 4.92. The lowest BCUT2D eigenvalue weighted by molar-refractivity contribution is -0.115. The number of anilines is 1. The van der Waals surface area contributed by atoms with Gasteiger partial charge in [-0.1, -0.05) is 25.0 Å². The molecule has 0 spiro atoms. The van der Waals surface area contributed by atoms with Crippen molar-refractivity contribution in [1.29, 1.82) is 0 Å². The van der Waals surface area contributed by atoms with Crippen LogP contribution in [0.4, 0.5) is 5.69 Å². The molecule has 0 saturated carbocycles. The quantitative estimate of drug-likeness (QED) is 0.890. The number of amides is 2. The Labute approximate surface area is 152 Å². The van der Waals surface area contributed by atoms with E-state index in [-0.39, 0.29) is 11.8 Å². The fourth-order valence-corrected chi connectivity index (χ4v) is 3.82. The summed E-state index contributed by atoms with van der Waals surface area (Å²) in [5.41, 5.74) is 2.34. The Balaban J connectivity index is 1.71. The van der Waals surface area contributed by atoms with Crippen molar-refractivity contribution in [1.82, 2.24) is 4.90 Å². The minimum atomic E-state index is -0.0510. The fourth-order valence-electron chi connectivity index (χ4n) is 3.11. The lowest BCUT2D eigenvalue weighted by Gasteiger charge is -2.21. The van der Waals surface area contributed by atoms with Crippen molar-refractivity contribution in [3.05, 3.63) is 51.7 Å². The van der Waals surface area contributed by atoms with E-state index < -0.39 is 0 Å². The number of benzene rings is 1. The molecule has 1 aromatic heterocycles. The summed E-state index contributed by atoms with van der Waals surface area (Å²) in [7, 11) is 0. The Kier molecular flexibility index (Phi) is 5.87. The first kappa shape index (κ1) is 17.7. The first-order valence-electron chi connectivity index (χ1n) is 8.85. The van der Waals surface area contributed by atoms with E-state index in [9.17, 15) is 9.59 Å². The van der Waals surface area contributed by atoms with Crippen molar-refractivity contribution in [2.24, 2.45) is 0 Å². The van der Waals surface area contributed by atoms with Crippen LogP contribution in [0.15, 0.2) is 35.7 Å². The molecule has 132 valence electrons. The maximum Gasteiger partial charge on any atom is 0.253 e. The van der Waals surface area contributed by atoms with Gasteiger partial charge in [0, 0.05) is 29.2 Å². The van der Waals surface area contributed by atoms with Crippen LogP contribution in [0.3, 0.4) is 0 Å². The highest BCUT2D eigenvalue weighted by Crippen LogP contribution is 2.20. The summed E-state index contributed by atoms with van der Waals surface area (Å²) in [6.45, 7) is 3.60. The van der Waals surface area contributed by atoms with Crippen LogP contribution < -0.4 is 5.32 Å². The zero-order chi connectivity index (χ0) is 17.6. The largest absolute Gasteiger partial charge is 0.339 e. The molecule has 0 bridgehead atoms. The smallest absolute Gasteiger partial charge is 0.253 e. The maximum absolute atomic E-state index is 12.8. The van der Waals surface area contributed by atoms with Crippen molar-refractivity contribution in [3.63, 3.8) is 0 Å². The Morgan fingerprint density at radius 3 is 2.56 bits per heavy atom. The van der Waals surface area contributed by atoms with Crippen LogP contribution >= 0.6 is 11.3 Å². The van der Waals surface area contributed by atoms with Gasteiger partial charge in [0.05, 0.1) is 6.42 Å². The standard InChI is InChI=1S/C20H24N2O2S/c1-15-8-9-16(20(24)22-10-4-2-3-5-11-22)13-18(15)21-19(23)14-17-7-6-12-25-17/h6-9,12-13H,2-5,10-11,14H2,1H3,(H,21,23). The summed E-state index contributed by atoms with van der Waals surface area (Å²) in [4.78, 5) is 28.0. The van der Waals surface area contributed by atoms with Gasteiger partial charge in [-0.15, -0.1) is 11.3 Å². The lowest BCUT2D eigenvalue weighted by Crippen LogP contribution is -2.31. The third-order valence-electron chi connectivity index (χ3n) is 4.57. The van der Waals surface area contributed by atoms with Crippen LogP contribution in [0, 0.1) is 6.92 Å². The second-order valence-corrected chi connectivity index (χ2v) is 7.57. The van der Waals surface area contributed by atoms with Crippen molar-refractivity contribution < 1.29 is 9.59 Å². The van der Waals surface area contributed by atoms with Crippen LogP contribution in [0.2, 0.25) is 0 Å². The average Bonchev–Trinajstić information content (AvgIpc) is 2.95. The Morgan fingerprint density at radius 2 is 1.88 bits per heavy atom. The van der Waals surface area contributed by atoms with Crippen LogP contribution in [-0.4, -0.2) is 29.8 Å². The van der Waals surface area contributed by atoms with E-state index in [0.717, 1.165) is 42.1 Å². The molecule has 1 fully saturated rings. The first-order chi connectivity index (χ1) is 12.1. The third-order valence-corrected chi connectivity index (χ3v) is 5.44. The second kappa shape index (κ2) is 8.30. The Morgan fingerprint density at radius 1 is 1.12 bits per heavy atom. The highest BCUT2D eigenvalue weighted by molar-refractivity contribution is 7.10. The van der Waals surface area contributed by atoms with E-state index in [2.05, 4.69) is 5.32 Å². The monoisotopic (exact) mass is 356 g/mol. The number of hydrogen-bond donors (Lipinski definition) is 1. The molecule has 1 aromatic carbocycles. The van der Waals surface area contributed by atoms with Gasteiger partial charge >= 0.3 is 0 Å². The summed E-state index contributed by atoms with van der Waals surface area (Å²) in [6.07, 6.45) is 4.90. The van der Waals surface area contributed by atoms with E-state index in [1.54, 1.807) is 11.3 Å². The number of carbonyl (C=O) groups excluding carboxylic acids is 2. The van der Waals surface area contributed by atoms with Crippen molar-refractivity contribution >= 4 is 28.8 Å². The average molecular weight is 356 g/mol. The van der Waals surface area contributed by atoms with Gasteiger partial charge in [-0.05, 0) is 48.9 Å². The van der Waals surface area contributed by atoms with E-state index >= 15 is 0 Å². The summed E-state index contributed by atoms with van der Waals surface area (Å²) >= 11 is 1.57. The van der Waals surface area contributed by atoms with Crippen molar-refractivity contribution in [2.75, 3.05) is 18.4 Å². The molecule has 3 rings (SSSR count). The highest BCUT2D eigenvalue weighted by Gasteiger charge is 2.18. The molecule has 1 aliphatic rings. The molecule has 0 radical (unpaired) electrons. The molecule has 4 nitrogen and oxygen atoms in total. The zero-order valence-corrected chi connectivity index (χ0v) is 15.4. The molecule has 0 atom stereocenters. The normalized spacial score (nSPS) is 14.8. The van der Waals surface area contributed by atoms with Gasteiger partial charge in [-0.25, -0.2) is 0 Å². The van der Waals surface area contributed by atoms with Gasteiger partial charge in [0.15, 0.2) is 0 Å². The molecule has 2 aromatic rings. The molecule has 2 amide bonds. The molecule has 1 saturated heterocycles. The van der Waals surface area contributed by atoms with E-state index in [1.165, 1.54) is 12.8 Å². The second-order valence-electron chi connectivity index (χ2n) is 6.54. The molecule has 2 heterocycles. The molecular weight excluding hydrogens is 332 g/mol. The first-order valence-corrected chi connectivity index (χ1v) is 9.73. The minimum absolute atomic E-state index is 0.0510. The van der Waals surface area contributed by atoms with Crippen LogP contribution in [0.1, 0.15) is 46.5 Å². The number of likely N-dealkylation sites (tertiary alicyclic amines) is 1. The Hall–Kier alpha value is -2.14. The summed E-state index contributed by atoms with van der Waals surface area (Å²) < 4.78 is 0. The van der Waals surface area contributed by atoms with Gasteiger partial charge < -0.3 is 10.2 Å². The summed E-state index contributed by atoms with van der Waals surface area (Å²) in [6, 6.07) is 9.48. The number of nitrogens with one attached hydrogen (secondary N) is 1. The van der Waals surface area contributed by atoms with Gasteiger partial charge in [0.1, 0.15) is 0 Å². The predicted molar refractivity (Wildman–Crippen MR) is 102 cm³/mol. The van der Waals surface area contributed by atoms with E-state index in [0.29, 0.717) is 12.0 Å². The topological polar surface area (TPSA) is 49.4 Å². The third kappa shape index (κ3) is 4.69. The minimum Gasteiger partial charge on any atom is -0.339 e. The van der Waals surface area contributed by atoms with Crippen LogP contribution in [-0.2, 0) is 11.2 Å². The number of aryl methyl sites for hydroxylation is 1. The van der Waals surface area contributed by atoms with E-state index in [1.807, 2.05) is 47.5 Å².